The highest BCUT2D eigenvalue weighted by Gasteiger charge is 2.15. The summed E-state index contributed by atoms with van der Waals surface area (Å²) in [7, 11) is -2.27. The van der Waals surface area contributed by atoms with E-state index in [1.54, 1.807) is 12.1 Å². The van der Waals surface area contributed by atoms with Crippen LogP contribution in [0.15, 0.2) is 41.4 Å². The maximum absolute atomic E-state index is 12.1. The van der Waals surface area contributed by atoms with Gasteiger partial charge in [-0.05, 0) is 24.3 Å². The highest BCUT2D eigenvalue weighted by Crippen LogP contribution is 2.24. The molecule has 3 N–H and O–H groups in total. The minimum atomic E-state index is -3.74. The maximum atomic E-state index is 12.1. The zero-order valence-electron chi connectivity index (χ0n) is 10.5. The molecule has 0 spiro atoms. The summed E-state index contributed by atoms with van der Waals surface area (Å²) in [4.78, 5) is 3.93. The largest absolute Gasteiger partial charge is 0.481 e. The Morgan fingerprint density at radius 1 is 1.30 bits per heavy atom. The van der Waals surface area contributed by atoms with Crippen LogP contribution >= 0.6 is 11.6 Å². The highest BCUT2D eigenvalue weighted by atomic mass is 35.5. The second-order valence-electron chi connectivity index (χ2n) is 3.88. The van der Waals surface area contributed by atoms with Crippen molar-refractivity contribution in [2.24, 2.45) is 0 Å². The quantitative estimate of drug-likeness (QED) is 0.843. The van der Waals surface area contributed by atoms with E-state index >= 15 is 0 Å². The summed E-state index contributed by atoms with van der Waals surface area (Å²) in [6.07, 6.45) is 1.36. The Morgan fingerprint density at radius 2 is 2.05 bits per heavy atom. The molecule has 1 heterocycles. The number of nitrogen functional groups attached to an aromatic ring is 1. The van der Waals surface area contributed by atoms with Gasteiger partial charge >= 0.3 is 0 Å². The predicted molar refractivity (Wildman–Crippen MR) is 77.5 cm³/mol. The molecular weight excluding hydrogens is 302 g/mol. The number of benzene rings is 1. The average molecular weight is 314 g/mol. The van der Waals surface area contributed by atoms with Crippen LogP contribution in [0.3, 0.4) is 0 Å². The lowest BCUT2D eigenvalue weighted by atomic mass is 10.3. The fourth-order valence-electron chi connectivity index (χ4n) is 1.45. The molecule has 6 nitrogen and oxygen atoms in total. The van der Waals surface area contributed by atoms with Crippen molar-refractivity contribution in [3.05, 3.63) is 41.6 Å². The first kappa shape index (κ1) is 14.4. The Labute approximate surface area is 121 Å². The number of ether oxygens (including phenoxy) is 1. The molecule has 0 radical (unpaired) electrons. The van der Waals surface area contributed by atoms with Crippen molar-refractivity contribution in [1.82, 2.24) is 4.98 Å². The molecule has 0 saturated carbocycles. The van der Waals surface area contributed by atoms with Gasteiger partial charge in [-0.25, -0.2) is 13.4 Å². The van der Waals surface area contributed by atoms with Crippen LogP contribution < -0.4 is 15.2 Å². The van der Waals surface area contributed by atoms with Crippen LogP contribution in [0.4, 0.5) is 11.4 Å². The summed E-state index contributed by atoms with van der Waals surface area (Å²) in [6, 6.07) is 7.19. The van der Waals surface area contributed by atoms with Gasteiger partial charge in [0.25, 0.3) is 10.0 Å². The van der Waals surface area contributed by atoms with Gasteiger partial charge < -0.3 is 10.5 Å². The highest BCUT2D eigenvalue weighted by molar-refractivity contribution is 7.92. The maximum Gasteiger partial charge on any atom is 0.261 e. The van der Waals surface area contributed by atoms with Gasteiger partial charge in [0.1, 0.15) is 0 Å². The summed E-state index contributed by atoms with van der Waals surface area (Å²) < 4.78 is 31.6. The molecule has 0 amide bonds. The molecule has 8 heteroatoms. The van der Waals surface area contributed by atoms with E-state index in [1.165, 1.54) is 31.5 Å². The lowest BCUT2D eigenvalue weighted by Crippen LogP contribution is -2.13. The number of hydrogen-bond acceptors (Lipinski definition) is 5. The van der Waals surface area contributed by atoms with Crippen molar-refractivity contribution < 1.29 is 13.2 Å². The molecule has 0 fully saturated rings. The van der Waals surface area contributed by atoms with Crippen molar-refractivity contribution in [2.75, 3.05) is 17.6 Å². The number of hydrogen-bond donors (Lipinski definition) is 2. The minimum absolute atomic E-state index is 0.0209. The van der Waals surface area contributed by atoms with Gasteiger partial charge in [0.15, 0.2) is 0 Å². The van der Waals surface area contributed by atoms with E-state index in [0.29, 0.717) is 17.3 Å². The summed E-state index contributed by atoms with van der Waals surface area (Å²) in [5, 5.41) is 0.181. The van der Waals surface area contributed by atoms with Crippen molar-refractivity contribution in [3.8, 4) is 5.88 Å². The summed E-state index contributed by atoms with van der Waals surface area (Å²) in [5.41, 5.74) is 6.18. The fourth-order valence-corrected chi connectivity index (χ4v) is 2.76. The lowest BCUT2D eigenvalue weighted by Gasteiger charge is -2.09. The monoisotopic (exact) mass is 313 g/mol. The molecule has 0 saturated heterocycles. The van der Waals surface area contributed by atoms with Gasteiger partial charge in [-0.2, -0.15) is 0 Å². The van der Waals surface area contributed by atoms with Crippen molar-refractivity contribution in [3.63, 3.8) is 0 Å². The number of rotatable bonds is 4. The molecule has 1 aromatic heterocycles. The van der Waals surface area contributed by atoms with Gasteiger partial charge in [0.2, 0.25) is 5.88 Å². The first-order chi connectivity index (χ1) is 9.42. The van der Waals surface area contributed by atoms with Crippen molar-refractivity contribution in [2.45, 2.75) is 4.90 Å². The second-order valence-corrected chi connectivity index (χ2v) is 5.97. The van der Waals surface area contributed by atoms with Crippen LogP contribution in [-0.2, 0) is 10.0 Å². The van der Waals surface area contributed by atoms with Gasteiger partial charge in [-0.15, -0.1) is 0 Å². The Kier molecular flexibility index (Phi) is 4.01. The van der Waals surface area contributed by atoms with Crippen molar-refractivity contribution in [1.29, 1.82) is 0 Å². The molecule has 106 valence electrons. The average Bonchev–Trinajstić information content (AvgIpc) is 2.42. The first-order valence-electron chi connectivity index (χ1n) is 5.50. The van der Waals surface area contributed by atoms with E-state index in [0.717, 1.165) is 0 Å². The second kappa shape index (κ2) is 5.56. The number of anilines is 2. The Hall–Kier alpha value is -1.99. The number of aromatic nitrogens is 1. The van der Waals surface area contributed by atoms with Gasteiger partial charge in [0, 0.05) is 6.07 Å². The van der Waals surface area contributed by atoms with E-state index in [1.807, 2.05) is 0 Å². The SMILES string of the molecule is COc1ccc(NS(=O)(=O)c2ccc(N)c(Cl)c2)cn1. The first-order valence-corrected chi connectivity index (χ1v) is 7.36. The van der Waals surface area contributed by atoms with Gasteiger partial charge in [-0.1, -0.05) is 11.6 Å². The van der Waals surface area contributed by atoms with E-state index in [2.05, 4.69) is 9.71 Å². The minimum Gasteiger partial charge on any atom is -0.481 e. The number of methoxy groups -OCH3 is 1. The van der Waals surface area contributed by atoms with Crippen LogP contribution in [0, 0.1) is 0 Å². The summed E-state index contributed by atoms with van der Waals surface area (Å²) >= 11 is 5.82. The zero-order valence-corrected chi connectivity index (χ0v) is 12.1. The molecule has 0 aliphatic carbocycles. The smallest absolute Gasteiger partial charge is 0.261 e. The molecule has 0 aliphatic heterocycles. The number of nitrogens with one attached hydrogen (secondary N) is 1. The van der Waals surface area contributed by atoms with E-state index < -0.39 is 10.0 Å². The van der Waals surface area contributed by atoms with Crippen molar-refractivity contribution >= 4 is 33.0 Å². The van der Waals surface area contributed by atoms with E-state index in [-0.39, 0.29) is 9.92 Å². The lowest BCUT2D eigenvalue weighted by molar-refractivity contribution is 0.398. The molecule has 0 bridgehead atoms. The number of halogens is 1. The third kappa shape index (κ3) is 3.12. The van der Waals surface area contributed by atoms with Crippen LogP contribution in [0.25, 0.3) is 0 Å². The van der Waals surface area contributed by atoms with E-state index in [9.17, 15) is 8.42 Å². The van der Waals surface area contributed by atoms with Crippen LogP contribution in [-0.4, -0.2) is 20.5 Å². The normalized spacial score (nSPS) is 11.1. The Balaban J connectivity index is 2.27. The van der Waals surface area contributed by atoms with Crippen LogP contribution in [0.1, 0.15) is 0 Å². The molecule has 0 atom stereocenters. The van der Waals surface area contributed by atoms with Gasteiger partial charge in [-0.3, -0.25) is 4.72 Å². The third-order valence-electron chi connectivity index (χ3n) is 2.48. The Bertz CT molecular complexity index is 717. The van der Waals surface area contributed by atoms with Crippen LogP contribution in [0.2, 0.25) is 5.02 Å². The molecule has 2 aromatic rings. The topological polar surface area (TPSA) is 94.3 Å². The predicted octanol–water partition coefficient (Wildman–Crippen LogP) is 2.13. The standard InChI is InChI=1S/C12H12ClN3O3S/c1-19-12-5-2-8(7-15-12)16-20(17,18)9-3-4-11(14)10(13)6-9/h2-7,16H,14H2,1H3. The Morgan fingerprint density at radius 3 is 2.60 bits per heavy atom. The van der Waals surface area contributed by atoms with Gasteiger partial charge in [0.05, 0.1) is 34.6 Å². The number of nitrogens with zero attached hydrogens (tertiary/aromatic N) is 1. The molecular formula is C12H12ClN3O3S. The molecule has 20 heavy (non-hydrogen) atoms. The fraction of sp³-hybridized carbons (Fsp3) is 0.0833. The summed E-state index contributed by atoms with van der Waals surface area (Å²) in [5.74, 6) is 0.392. The van der Waals surface area contributed by atoms with Crippen LogP contribution in [0.5, 0.6) is 5.88 Å². The molecule has 0 aliphatic rings. The van der Waals surface area contributed by atoms with E-state index in [4.69, 9.17) is 22.1 Å². The summed E-state index contributed by atoms with van der Waals surface area (Å²) in [6.45, 7) is 0. The molecule has 2 rings (SSSR count). The molecule has 1 aromatic carbocycles. The molecule has 0 unspecified atom stereocenters. The third-order valence-corrected chi connectivity index (χ3v) is 4.19. The number of sulfonamides is 1. The number of pyridine rings is 1. The number of nitrogens with two attached hydrogens (primary N) is 1. The zero-order chi connectivity index (χ0) is 14.8.